The van der Waals surface area contributed by atoms with Crippen LogP contribution in [0.2, 0.25) is 0 Å². The molecule has 2 aromatic rings. The summed E-state index contributed by atoms with van der Waals surface area (Å²) in [5.74, 6) is -0.840. The van der Waals surface area contributed by atoms with Crippen molar-refractivity contribution < 1.29 is 9.90 Å². The van der Waals surface area contributed by atoms with Crippen molar-refractivity contribution in [1.29, 1.82) is 0 Å². The van der Waals surface area contributed by atoms with E-state index >= 15 is 0 Å². The maximum absolute atomic E-state index is 11.4. The predicted octanol–water partition coefficient (Wildman–Crippen LogP) is 3.70. The van der Waals surface area contributed by atoms with Crippen LogP contribution in [0.25, 0.3) is 10.9 Å². The molecule has 0 atom stereocenters. The molecule has 0 amide bonds. The van der Waals surface area contributed by atoms with Gasteiger partial charge in [-0.05, 0) is 69.0 Å². The van der Waals surface area contributed by atoms with Crippen LogP contribution in [0.4, 0.5) is 0 Å². The highest BCUT2D eigenvalue weighted by Crippen LogP contribution is 2.26. The van der Waals surface area contributed by atoms with Crippen LogP contribution >= 0.6 is 0 Å². The van der Waals surface area contributed by atoms with E-state index in [0.29, 0.717) is 5.56 Å². The van der Waals surface area contributed by atoms with Crippen molar-refractivity contribution in [3.05, 3.63) is 35.0 Å². The summed E-state index contributed by atoms with van der Waals surface area (Å²) >= 11 is 0. The molecule has 1 saturated heterocycles. The fourth-order valence-corrected chi connectivity index (χ4v) is 3.66. The van der Waals surface area contributed by atoms with E-state index in [1.807, 2.05) is 13.0 Å². The summed E-state index contributed by atoms with van der Waals surface area (Å²) in [4.78, 5) is 14.0. The Hall–Kier alpha value is -1.81. The van der Waals surface area contributed by atoms with Gasteiger partial charge in [-0.25, -0.2) is 4.79 Å². The van der Waals surface area contributed by atoms with E-state index in [1.54, 1.807) is 0 Å². The zero-order chi connectivity index (χ0) is 16.4. The Balaban J connectivity index is 1.96. The average molecular weight is 314 g/mol. The molecule has 1 aliphatic heterocycles. The fourth-order valence-electron chi connectivity index (χ4n) is 3.66. The molecule has 4 heteroatoms. The lowest BCUT2D eigenvalue weighted by Crippen LogP contribution is -2.21. The van der Waals surface area contributed by atoms with Gasteiger partial charge >= 0.3 is 5.97 Å². The highest BCUT2D eigenvalue weighted by atomic mass is 16.4. The Kier molecular flexibility index (Phi) is 4.71. The minimum absolute atomic E-state index is 0.416. The average Bonchev–Trinajstić information content (AvgIpc) is 3.13. The molecule has 0 spiro atoms. The number of aromatic nitrogens is 1. The molecule has 1 aromatic carbocycles. The maximum atomic E-state index is 11.4. The summed E-state index contributed by atoms with van der Waals surface area (Å²) in [6, 6.07) is 3.91. The van der Waals surface area contributed by atoms with Crippen LogP contribution in [0, 0.1) is 6.92 Å². The lowest BCUT2D eigenvalue weighted by molar-refractivity contribution is 0.0696. The molecular formula is C19H26N2O2. The number of likely N-dealkylation sites (tertiary alicyclic amines) is 1. The van der Waals surface area contributed by atoms with Gasteiger partial charge in [0.05, 0.1) is 5.56 Å². The highest BCUT2D eigenvalue weighted by molar-refractivity contribution is 5.96. The molecule has 0 unspecified atom stereocenters. The van der Waals surface area contributed by atoms with Crippen molar-refractivity contribution >= 4 is 16.9 Å². The largest absolute Gasteiger partial charge is 0.478 e. The SMILES string of the molecule is CCCn1cc(CCN2CCCC2)c2cc(C)c(C(=O)O)cc21. The second kappa shape index (κ2) is 6.75. The second-order valence-electron chi connectivity index (χ2n) is 6.64. The van der Waals surface area contributed by atoms with Crippen molar-refractivity contribution in [1.82, 2.24) is 9.47 Å². The summed E-state index contributed by atoms with van der Waals surface area (Å²) in [6.45, 7) is 8.52. The van der Waals surface area contributed by atoms with Crippen LogP contribution in [0.5, 0.6) is 0 Å². The normalized spacial score (nSPS) is 15.6. The maximum Gasteiger partial charge on any atom is 0.336 e. The van der Waals surface area contributed by atoms with E-state index in [-0.39, 0.29) is 0 Å². The van der Waals surface area contributed by atoms with E-state index < -0.39 is 5.97 Å². The van der Waals surface area contributed by atoms with Gasteiger partial charge in [0.2, 0.25) is 0 Å². The summed E-state index contributed by atoms with van der Waals surface area (Å²) < 4.78 is 2.22. The topological polar surface area (TPSA) is 45.5 Å². The Morgan fingerprint density at radius 1 is 1.22 bits per heavy atom. The lowest BCUT2D eigenvalue weighted by Gasteiger charge is -2.13. The molecule has 1 N–H and O–H groups in total. The molecule has 4 nitrogen and oxygen atoms in total. The minimum Gasteiger partial charge on any atom is -0.478 e. The third-order valence-electron chi connectivity index (χ3n) is 4.90. The number of fused-ring (bicyclic) bond motifs is 1. The van der Waals surface area contributed by atoms with Crippen molar-refractivity contribution in [3.63, 3.8) is 0 Å². The minimum atomic E-state index is -0.840. The third kappa shape index (κ3) is 3.27. The third-order valence-corrected chi connectivity index (χ3v) is 4.90. The molecule has 23 heavy (non-hydrogen) atoms. The standard InChI is InChI=1S/C19H26N2O2/c1-3-7-21-13-15(6-10-20-8-4-5-9-20)17-11-14(2)16(19(22)23)12-18(17)21/h11-13H,3-10H2,1-2H3,(H,22,23). The molecule has 124 valence electrons. The van der Waals surface area contributed by atoms with Gasteiger partial charge in [-0.3, -0.25) is 0 Å². The van der Waals surface area contributed by atoms with Crippen LogP contribution in [0.15, 0.2) is 18.3 Å². The fraction of sp³-hybridized carbons (Fsp3) is 0.526. The van der Waals surface area contributed by atoms with Gasteiger partial charge in [0.25, 0.3) is 0 Å². The smallest absolute Gasteiger partial charge is 0.336 e. The van der Waals surface area contributed by atoms with Gasteiger partial charge in [-0.2, -0.15) is 0 Å². The van der Waals surface area contributed by atoms with Crippen LogP contribution in [0.3, 0.4) is 0 Å². The number of carboxylic acid groups (broad SMARTS) is 1. The first-order valence-electron chi connectivity index (χ1n) is 8.68. The Bertz CT molecular complexity index is 712. The molecule has 3 rings (SSSR count). The molecular weight excluding hydrogens is 288 g/mol. The summed E-state index contributed by atoms with van der Waals surface area (Å²) in [5, 5.41) is 10.6. The Morgan fingerprint density at radius 2 is 1.96 bits per heavy atom. The quantitative estimate of drug-likeness (QED) is 0.884. The van der Waals surface area contributed by atoms with Gasteiger partial charge < -0.3 is 14.6 Å². The molecule has 0 saturated carbocycles. The molecule has 1 aliphatic rings. The number of carbonyl (C=O) groups is 1. The molecule has 2 heterocycles. The molecule has 0 aliphatic carbocycles. The number of aryl methyl sites for hydroxylation is 2. The number of benzene rings is 1. The Morgan fingerprint density at radius 3 is 2.61 bits per heavy atom. The van der Waals surface area contributed by atoms with Crippen molar-refractivity contribution in [2.24, 2.45) is 0 Å². The number of nitrogens with zero attached hydrogens (tertiary/aromatic N) is 2. The zero-order valence-corrected chi connectivity index (χ0v) is 14.1. The highest BCUT2D eigenvalue weighted by Gasteiger charge is 2.16. The summed E-state index contributed by atoms with van der Waals surface area (Å²) in [7, 11) is 0. The van der Waals surface area contributed by atoms with Gasteiger partial charge in [-0.15, -0.1) is 0 Å². The number of hydrogen-bond donors (Lipinski definition) is 1. The number of aromatic carboxylic acids is 1. The monoisotopic (exact) mass is 314 g/mol. The second-order valence-corrected chi connectivity index (χ2v) is 6.64. The summed E-state index contributed by atoms with van der Waals surface area (Å²) in [5.41, 5.74) is 3.67. The molecule has 0 radical (unpaired) electrons. The number of hydrogen-bond acceptors (Lipinski definition) is 2. The van der Waals surface area contributed by atoms with Gasteiger partial charge in [0.15, 0.2) is 0 Å². The first kappa shape index (κ1) is 16.1. The van der Waals surface area contributed by atoms with Crippen LogP contribution in [0.1, 0.15) is 47.7 Å². The molecule has 1 fully saturated rings. The number of carboxylic acids is 1. The van der Waals surface area contributed by atoms with E-state index in [4.69, 9.17) is 0 Å². The van der Waals surface area contributed by atoms with E-state index in [9.17, 15) is 9.90 Å². The lowest BCUT2D eigenvalue weighted by atomic mass is 10.0. The first-order valence-corrected chi connectivity index (χ1v) is 8.68. The van der Waals surface area contributed by atoms with Crippen LogP contribution < -0.4 is 0 Å². The van der Waals surface area contributed by atoms with Crippen molar-refractivity contribution in [2.75, 3.05) is 19.6 Å². The molecule has 0 bridgehead atoms. The van der Waals surface area contributed by atoms with Gasteiger partial charge in [0.1, 0.15) is 0 Å². The van der Waals surface area contributed by atoms with Crippen LogP contribution in [-0.2, 0) is 13.0 Å². The number of rotatable bonds is 6. The first-order chi connectivity index (χ1) is 11.1. The van der Waals surface area contributed by atoms with Crippen molar-refractivity contribution in [2.45, 2.75) is 46.1 Å². The van der Waals surface area contributed by atoms with E-state index in [0.717, 1.165) is 37.0 Å². The van der Waals surface area contributed by atoms with Crippen LogP contribution in [-0.4, -0.2) is 40.2 Å². The predicted molar refractivity (Wildman–Crippen MR) is 93.3 cm³/mol. The summed E-state index contributed by atoms with van der Waals surface area (Å²) in [6.07, 6.45) is 6.96. The van der Waals surface area contributed by atoms with E-state index in [2.05, 4.69) is 28.7 Å². The Labute approximate surface area is 137 Å². The zero-order valence-electron chi connectivity index (χ0n) is 14.1. The van der Waals surface area contributed by atoms with E-state index in [1.165, 1.54) is 36.9 Å². The molecule has 1 aromatic heterocycles. The van der Waals surface area contributed by atoms with Gasteiger partial charge in [-0.1, -0.05) is 6.92 Å². The van der Waals surface area contributed by atoms with Crippen molar-refractivity contribution in [3.8, 4) is 0 Å². The van der Waals surface area contributed by atoms with Gasteiger partial charge in [0, 0.05) is 30.2 Å².